The average Bonchev–Trinajstić information content (AvgIpc) is 2.67. The summed E-state index contributed by atoms with van der Waals surface area (Å²) in [7, 11) is 0. The van der Waals surface area contributed by atoms with Gasteiger partial charge in [-0.15, -0.1) is 0 Å². The molecule has 2 aromatic rings. The number of carbonyl (C=O) groups excluding carboxylic acids is 3. The van der Waals surface area contributed by atoms with Crippen molar-refractivity contribution in [2.75, 3.05) is 18.5 Å². The summed E-state index contributed by atoms with van der Waals surface area (Å²) in [6.45, 7) is -0.981. The predicted octanol–water partition coefficient (Wildman–Crippen LogP) is 2.28. The Labute approximate surface area is 153 Å². The molecule has 0 bridgehead atoms. The number of hydrogen-bond acceptors (Lipinski definition) is 4. The standard InChI is InChI=1S/C19H16F2N2O4/c20-15-8-7-14(10-16(15)21)23-17(24)11-22-18(25)12-27-19(26)9-6-13-4-2-1-3-5-13/h1-10H,11-12H2,(H,22,25)(H,23,24)/b9-6+. The molecule has 0 aromatic heterocycles. The van der Waals surface area contributed by atoms with E-state index in [1.54, 1.807) is 12.1 Å². The van der Waals surface area contributed by atoms with E-state index in [9.17, 15) is 23.2 Å². The van der Waals surface area contributed by atoms with Crippen LogP contribution in [-0.4, -0.2) is 30.9 Å². The van der Waals surface area contributed by atoms with Gasteiger partial charge in [0.05, 0.1) is 6.54 Å². The van der Waals surface area contributed by atoms with Gasteiger partial charge in [-0.25, -0.2) is 13.6 Å². The second-order valence-electron chi connectivity index (χ2n) is 5.31. The molecule has 27 heavy (non-hydrogen) atoms. The molecule has 8 heteroatoms. The van der Waals surface area contributed by atoms with E-state index >= 15 is 0 Å². The molecule has 0 saturated carbocycles. The smallest absolute Gasteiger partial charge is 0.331 e. The largest absolute Gasteiger partial charge is 0.452 e. The van der Waals surface area contributed by atoms with Crippen LogP contribution in [0.5, 0.6) is 0 Å². The fourth-order valence-corrected chi connectivity index (χ4v) is 1.92. The molecule has 0 aliphatic rings. The molecule has 0 aliphatic heterocycles. The molecule has 2 aromatic carbocycles. The van der Waals surface area contributed by atoms with Gasteiger partial charge in [0.2, 0.25) is 5.91 Å². The van der Waals surface area contributed by atoms with E-state index in [4.69, 9.17) is 4.74 Å². The third-order valence-electron chi connectivity index (χ3n) is 3.21. The van der Waals surface area contributed by atoms with Crippen LogP contribution in [0.15, 0.2) is 54.6 Å². The van der Waals surface area contributed by atoms with Crippen molar-refractivity contribution in [1.82, 2.24) is 5.32 Å². The number of ether oxygens (including phenoxy) is 1. The fourth-order valence-electron chi connectivity index (χ4n) is 1.92. The summed E-state index contributed by atoms with van der Waals surface area (Å²) in [5, 5.41) is 4.53. The second kappa shape index (κ2) is 9.81. The zero-order valence-corrected chi connectivity index (χ0v) is 14.1. The number of carbonyl (C=O) groups is 3. The highest BCUT2D eigenvalue weighted by Crippen LogP contribution is 2.12. The van der Waals surface area contributed by atoms with Gasteiger partial charge in [0.25, 0.3) is 5.91 Å². The molecule has 2 rings (SSSR count). The first-order chi connectivity index (χ1) is 12.9. The van der Waals surface area contributed by atoms with E-state index in [1.165, 1.54) is 18.2 Å². The maximum absolute atomic E-state index is 13.0. The van der Waals surface area contributed by atoms with Gasteiger partial charge in [-0.05, 0) is 23.8 Å². The highest BCUT2D eigenvalue weighted by atomic mass is 19.2. The summed E-state index contributed by atoms with van der Waals surface area (Å²) in [6, 6.07) is 11.9. The minimum absolute atomic E-state index is 0.0469. The summed E-state index contributed by atoms with van der Waals surface area (Å²) < 4.78 is 30.6. The van der Waals surface area contributed by atoms with E-state index in [0.29, 0.717) is 0 Å². The highest BCUT2D eigenvalue weighted by molar-refractivity contribution is 5.95. The first kappa shape index (κ1) is 19.8. The molecule has 0 atom stereocenters. The Morgan fingerprint density at radius 2 is 1.70 bits per heavy atom. The number of nitrogens with one attached hydrogen (secondary N) is 2. The van der Waals surface area contributed by atoms with Crippen molar-refractivity contribution >= 4 is 29.5 Å². The van der Waals surface area contributed by atoms with Crippen molar-refractivity contribution in [2.24, 2.45) is 0 Å². The molecule has 0 saturated heterocycles. The van der Waals surface area contributed by atoms with Crippen molar-refractivity contribution in [3.05, 3.63) is 71.8 Å². The minimum Gasteiger partial charge on any atom is -0.452 e. The Morgan fingerprint density at radius 3 is 2.41 bits per heavy atom. The van der Waals surface area contributed by atoms with E-state index in [2.05, 4.69) is 10.6 Å². The molecule has 0 heterocycles. The summed E-state index contributed by atoms with van der Waals surface area (Å²) in [4.78, 5) is 34.8. The van der Waals surface area contributed by atoms with E-state index in [0.717, 1.165) is 17.7 Å². The normalized spacial score (nSPS) is 10.4. The molecule has 0 spiro atoms. The lowest BCUT2D eigenvalue weighted by Crippen LogP contribution is -2.35. The Hall–Kier alpha value is -3.55. The number of amides is 2. The summed E-state index contributed by atoms with van der Waals surface area (Å²) in [5.74, 6) is -4.18. The van der Waals surface area contributed by atoms with Crippen molar-refractivity contribution in [2.45, 2.75) is 0 Å². The van der Waals surface area contributed by atoms with Crippen LogP contribution in [0, 0.1) is 11.6 Å². The number of benzene rings is 2. The van der Waals surface area contributed by atoms with Crippen molar-refractivity contribution in [3.63, 3.8) is 0 Å². The zero-order valence-electron chi connectivity index (χ0n) is 14.1. The molecule has 0 unspecified atom stereocenters. The maximum Gasteiger partial charge on any atom is 0.331 e. The molecular weight excluding hydrogens is 358 g/mol. The van der Waals surface area contributed by atoms with Gasteiger partial charge in [-0.1, -0.05) is 30.3 Å². The van der Waals surface area contributed by atoms with Gasteiger partial charge < -0.3 is 15.4 Å². The van der Waals surface area contributed by atoms with Crippen LogP contribution in [-0.2, 0) is 19.1 Å². The van der Waals surface area contributed by atoms with Crippen molar-refractivity contribution in [1.29, 1.82) is 0 Å². The molecule has 6 nitrogen and oxygen atoms in total. The van der Waals surface area contributed by atoms with E-state index in [1.807, 2.05) is 18.2 Å². The van der Waals surface area contributed by atoms with Crippen LogP contribution in [0.25, 0.3) is 6.08 Å². The van der Waals surface area contributed by atoms with Crippen molar-refractivity contribution in [3.8, 4) is 0 Å². The Bertz CT molecular complexity index is 854. The van der Waals surface area contributed by atoms with E-state index < -0.39 is 42.6 Å². The van der Waals surface area contributed by atoms with Crippen LogP contribution >= 0.6 is 0 Å². The quantitative estimate of drug-likeness (QED) is 0.575. The lowest BCUT2D eigenvalue weighted by Gasteiger charge is -2.07. The molecule has 0 radical (unpaired) electrons. The van der Waals surface area contributed by atoms with Gasteiger partial charge in [0, 0.05) is 17.8 Å². The lowest BCUT2D eigenvalue weighted by molar-refractivity contribution is -0.143. The third kappa shape index (κ3) is 7.07. The predicted molar refractivity (Wildman–Crippen MR) is 94.4 cm³/mol. The summed E-state index contributed by atoms with van der Waals surface area (Å²) in [6.07, 6.45) is 2.72. The van der Waals surface area contributed by atoms with Gasteiger partial charge in [-0.3, -0.25) is 9.59 Å². The number of hydrogen-bond donors (Lipinski definition) is 2. The summed E-state index contributed by atoms with van der Waals surface area (Å²) >= 11 is 0. The average molecular weight is 374 g/mol. The number of halogens is 2. The topological polar surface area (TPSA) is 84.5 Å². The molecule has 2 amide bonds. The summed E-state index contributed by atoms with van der Waals surface area (Å²) in [5.41, 5.74) is 0.846. The van der Waals surface area contributed by atoms with Crippen LogP contribution in [0.2, 0.25) is 0 Å². The monoisotopic (exact) mass is 374 g/mol. The molecule has 0 fully saturated rings. The number of rotatable bonds is 7. The molecular formula is C19H16F2N2O4. The van der Waals surface area contributed by atoms with Gasteiger partial charge in [0.1, 0.15) is 0 Å². The Kier molecular flexibility index (Phi) is 7.18. The van der Waals surface area contributed by atoms with Crippen LogP contribution in [0.4, 0.5) is 14.5 Å². The SMILES string of the molecule is O=C(COC(=O)/C=C/c1ccccc1)NCC(=O)Nc1ccc(F)c(F)c1. The Balaban J connectivity index is 1.69. The van der Waals surface area contributed by atoms with Gasteiger partial charge in [-0.2, -0.15) is 0 Å². The van der Waals surface area contributed by atoms with E-state index in [-0.39, 0.29) is 5.69 Å². The van der Waals surface area contributed by atoms with Gasteiger partial charge in [0.15, 0.2) is 18.2 Å². The first-order valence-corrected chi connectivity index (χ1v) is 7.85. The van der Waals surface area contributed by atoms with Gasteiger partial charge >= 0.3 is 5.97 Å². The molecule has 140 valence electrons. The Morgan fingerprint density at radius 1 is 0.963 bits per heavy atom. The highest BCUT2D eigenvalue weighted by Gasteiger charge is 2.09. The maximum atomic E-state index is 13.0. The minimum atomic E-state index is -1.10. The number of anilines is 1. The lowest BCUT2D eigenvalue weighted by atomic mass is 10.2. The first-order valence-electron chi connectivity index (χ1n) is 7.85. The van der Waals surface area contributed by atoms with Crippen molar-refractivity contribution < 1.29 is 27.9 Å². The molecule has 0 aliphatic carbocycles. The van der Waals surface area contributed by atoms with Crippen LogP contribution in [0.3, 0.4) is 0 Å². The van der Waals surface area contributed by atoms with Crippen LogP contribution in [0.1, 0.15) is 5.56 Å². The fraction of sp³-hybridized carbons (Fsp3) is 0.105. The zero-order chi connectivity index (χ0) is 19.6. The third-order valence-corrected chi connectivity index (χ3v) is 3.21. The second-order valence-corrected chi connectivity index (χ2v) is 5.31. The molecule has 2 N–H and O–H groups in total. The van der Waals surface area contributed by atoms with Crippen LogP contribution < -0.4 is 10.6 Å². The number of esters is 1.